The molecule has 1 aromatic heterocycles. The Kier molecular flexibility index (Phi) is 5.62. The summed E-state index contributed by atoms with van der Waals surface area (Å²) >= 11 is 0. The van der Waals surface area contributed by atoms with Crippen LogP contribution in [0.15, 0.2) is 48.7 Å². The van der Waals surface area contributed by atoms with E-state index < -0.39 is 5.82 Å². The summed E-state index contributed by atoms with van der Waals surface area (Å²) in [6, 6.07) is 9.79. The predicted molar refractivity (Wildman–Crippen MR) is 80.8 cm³/mol. The van der Waals surface area contributed by atoms with Crippen LogP contribution in [0.5, 0.6) is 5.75 Å². The maximum absolute atomic E-state index is 12.7. The summed E-state index contributed by atoms with van der Waals surface area (Å²) in [5.74, 6) is 0.168. The number of hydrogen-bond acceptors (Lipinski definition) is 4. The van der Waals surface area contributed by atoms with Gasteiger partial charge in [0, 0.05) is 13.2 Å². The third-order valence-corrected chi connectivity index (χ3v) is 2.63. The molecule has 5 nitrogen and oxygen atoms in total. The standard InChI is InChI=1S/C16H15FN2O3/c1-21-11-22-14-6-2-12(3-7-14)4-9-16(20)19-15-8-5-13(17)10-18-15/h2-10H,11H2,1H3,(H,18,19,20)/b9-4+. The van der Waals surface area contributed by atoms with Gasteiger partial charge in [-0.15, -0.1) is 0 Å². The van der Waals surface area contributed by atoms with Crippen molar-refractivity contribution in [2.24, 2.45) is 0 Å². The molecule has 0 saturated heterocycles. The first-order chi connectivity index (χ1) is 10.7. The molecule has 1 heterocycles. The fraction of sp³-hybridized carbons (Fsp3) is 0.125. The maximum atomic E-state index is 12.7. The van der Waals surface area contributed by atoms with Gasteiger partial charge in [-0.25, -0.2) is 9.37 Å². The molecule has 0 atom stereocenters. The Morgan fingerprint density at radius 1 is 1.27 bits per heavy atom. The smallest absolute Gasteiger partial charge is 0.249 e. The van der Waals surface area contributed by atoms with Gasteiger partial charge in [0.25, 0.3) is 0 Å². The Balaban J connectivity index is 1.90. The van der Waals surface area contributed by atoms with Crippen LogP contribution in [0.25, 0.3) is 6.08 Å². The Hall–Kier alpha value is -2.73. The van der Waals surface area contributed by atoms with Crippen LogP contribution in [0.3, 0.4) is 0 Å². The maximum Gasteiger partial charge on any atom is 0.249 e. The van der Waals surface area contributed by atoms with Crippen molar-refractivity contribution in [1.29, 1.82) is 0 Å². The minimum Gasteiger partial charge on any atom is -0.468 e. The van der Waals surface area contributed by atoms with E-state index in [1.165, 1.54) is 18.2 Å². The molecule has 0 radical (unpaired) electrons. The Morgan fingerprint density at radius 2 is 2.05 bits per heavy atom. The number of ether oxygens (including phenoxy) is 2. The van der Waals surface area contributed by atoms with Gasteiger partial charge >= 0.3 is 0 Å². The van der Waals surface area contributed by atoms with E-state index in [1.807, 2.05) is 12.1 Å². The van der Waals surface area contributed by atoms with Crippen LogP contribution in [0.4, 0.5) is 10.2 Å². The van der Waals surface area contributed by atoms with E-state index >= 15 is 0 Å². The lowest BCUT2D eigenvalue weighted by molar-refractivity contribution is -0.111. The van der Waals surface area contributed by atoms with E-state index in [0.29, 0.717) is 11.6 Å². The summed E-state index contributed by atoms with van der Waals surface area (Å²) in [4.78, 5) is 15.5. The van der Waals surface area contributed by atoms with Crippen LogP contribution in [-0.2, 0) is 9.53 Å². The van der Waals surface area contributed by atoms with E-state index in [1.54, 1.807) is 25.3 Å². The topological polar surface area (TPSA) is 60.5 Å². The van der Waals surface area contributed by atoms with E-state index in [4.69, 9.17) is 9.47 Å². The van der Waals surface area contributed by atoms with Crippen LogP contribution >= 0.6 is 0 Å². The molecule has 114 valence electrons. The van der Waals surface area contributed by atoms with Crippen LogP contribution in [0.2, 0.25) is 0 Å². The molecule has 0 fully saturated rings. The first kappa shape index (κ1) is 15.7. The van der Waals surface area contributed by atoms with Gasteiger partial charge in [0.05, 0.1) is 6.20 Å². The highest BCUT2D eigenvalue weighted by Crippen LogP contribution is 2.13. The van der Waals surface area contributed by atoms with Crippen molar-refractivity contribution in [3.05, 3.63) is 60.1 Å². The Labute approximate surface area is 127 Å². The number of nitrogens with zero attached hydrogens (tertiary/aromatic N) is 1. The van der Waals surface area contributed by atoms with Crippen molar-refractivity contribution in [1.82, 2.24) is 4.98 Å². The lowest BCUT2D eigenvalue weighted by Crippen LogP contribution is -2.09. The van der Waals surface area contributed by atoms with Gasteiger partial charge in [-0.2, -0.15) is 0 Å². The summed E-state index contributed by atoms with van der Waals surface area (Å²) in [6.45, 7) is 0.183. The number of halogens is 1. The molecule has 1 aromatic carbocycles. The summed E-state index contributed by atoms with van der Waals surface area (Å²) in [5.41, 5.74) is 0.840. The molecule has 0 aliphatic carbocycles. The SMILES string of the molecule is COCOc1ccc(/C=C/C(=O)Nc2ccc(F)cn2)cc1. The molecular weight excluding hydrogens is 287 g/mol. The first-order valence-corrected chi connectivity index (χ1v) is 6.50. The molecule has 2 aromatic rings. The molecule has 0 aliphatic heterocycles. The summed E-state index contributed by atoms with van der Waals surface area (Å²) < 4.78 is 22.8. The number of rotatable bonds is 6. The lowest BCUT2D eigenvalue weighted by atomic mass is 10.2. The molecule has 6 heteroatoms. The van der Waals surface area contributed by atoms with Crippen molar-refractivity contribution in [3.63, 3.8) is 0 Å². The van der Waals surface area contributed by atoms with Gasteiger partial charge in [0.1, 0.15) is 17.4 Å². The van der Waals surface area contributed by atoms with Gasteiger partial charge in [-0.3, -0.25) is 4.79 Å². The van der Waals surface area contributed by atoms with Crippen molar-refractivity contribution < 1.29 is 18.7 Å². The second kappa shape index (κ2) is 7.90. The number of nitrogens with one attached hydrogen (secondary N) is 1. The molecule has 0 aliphatic rings. The average Bonchev–Trinajstić information content (AvgIpc) is 2.54. The van der Waals surface area contributed by atoms with E-state index in [-0.39, 0.29) is 12.7 Å². The highest BCUT2D eigenvalue weighted by molar-refractivity contribution is 6.01. The Morgan fingerprint density at radius 3 is 2.68 bits per heavy atom. The number of methoxy groups -OCH3 is 1. The minimum atomic E-state index is -0.454. The number of anilines is 1. The summed E-state index contributed by atoms with van der Waals surface area (Å²) in [5, 5.41) is 2.53. The van der Waals surface area contributed by atoms with Gasteiger partial charge in [-0.05, 0) is 35.9 Å². The molecule has 22 heavy (non-hydrogen) atoms. The fourth-order valence-corrected chi connectivity index (χ4v) is 1.59. The minimum absolute atomic E-state index is 0.183. The first-order valence-electron chi connectivity index (χ1n) is 6.50. The zero-order valence-electron chi connectivity index (χ0n) is 12.0. The van der Waals surface area contributed by atoms with Crippen molar-refractivity contribution >= 4 is 17.8 Å². The van der Waals surface area contributed by atoms with Gasteiger partial charge in [0.2, 0.25) is 5.91 Å². The zero-order chi connectivity index (χ0) is 15.8. The van der Waals surface area contributed by atoms with Crippen LogP contribution in [0, 0.1) is 5.82 Å². The molecule has 1 amide bonds. The predicted octanol–water partition coefficient (Wildman–Crippen LogP) is 2.86. The van der Waals surface area contributed by atoms with E-state index in [9.17, 15) is 9.18 Å². The summed E-state index contributed by atoms with van der Waals surface area (Å²) in [6.07, 6.45) is 4.06. The number of aromatic nitrogens is 1. The van der Waals surface area contributed by atoms with Crippen LogP contribution in [0.1, 0.15) is 5.56 Å². The third kappa shape index (κ3) is 4.99. The van der Waals surface area contributed by atoms with E-state index in [2.05, 4.69) is 10.3 Å². The number of carbonyl (C=O) groups excluding carboxylic acids is 1. The highest BCUT2D eigenvalue weighted by Gasteiger charge is 1.99. The molecule has 0 spiro atoms. The second-order valence-electron chi connectivity index (χ2n) is 4.30. The monoisotopic (exact) mass is 302 g/mol. The normalized spacial score (nSPS) is 10.6. The molecule has 0 saturated carbocycles. The second-order valence-corrected chi connectivity index (χ2v) is 4.30. The quantitative estimate of drug-likeness (QED) is 0.658. The molecular formula is C16H15FN2O3. The zero-order valence-corrected chi connectivity index (χ0v) is 12.0. The van der Waals surface area contributed by atoms with Crippen LogP contribution < -0.4 is 10.1 Å². The number of carbonyl (C=O) groups is 1. The fourth-order valence-electron chi connectivity index (χ4n) is 1.59. The number of hydrogen-bond donors (Lipinski definition) is 1. The van der Waals surface area contributed by atoms with Crippen molar-refractivity contribution in [2.45, 2.75) is 0 Å². The highest BCUT2D eigenvalue weighted by atomic mass is 19.1. The van der Waals surface area contributed by atoms with Gasteiger partial charge < -0.3 is 14.8 Å². The van der Waals surface area contributed by atoms with E-state index in [0.717, 1.165) is 11.8 Å². The van der Waals surface area contributed by atoms with Crippen molar-refractivity contribution in [3.8, 4) is 5.75 Å². The van der Waals surface area contributed by atoms with Crippen molar-refractivity contribution in [2.75, 3.05) is 19.2 Å². The Bertz CT molecular complexity index is 639. The molecule has 0 unspecified atom stereocenters. The van der Waals surface area contributed by atoms with Crippen LogP contribution in [-0.4, -0.2) is 24.8 Å². The van der Waals surface area contributed by atoms with Gasteiger partial charge in [-0.1, -0.05) is 12.1 Å². The molecule has 2 rings (SSSR count). The molecule has 1 N–H and O–H groups in total. The third-order valence-electron chi connectivity index (χ3n) is 2.63. The number of pyridine rings is 1. The largest absolute Gasteiger partial charge is 0.468 e. The summed E-state index contributed by atoms with van der Waals surface area (Å²) in [7, 11) is 1.55. The lowest BCUT2D eigenvalue weighted by Gasteiger charge is -2.04. The van der Waals surface area contributed by atoms with Gasteiger partial charge in [0.15, 0.2) is 6.79 Å². The number of amides is 1. The molecule has 0 bridgehead atoms. The number of benzene rings is 1. The average molecular weight is 302 g/mol.